The molecule has 1 nitrogen and oxygen atoms in total. The minimum atomic E-state index is 0.205. The molecule has 1 atom stereocenters. The summed E-state index contributed by atoms with van der Waals surface area (Å²) in [6.07, 6.45) is 7.12. The van der Waals surface area contributed by atoms with E-state index in [0.29, 0.717) is 5.92 Å². The molecule has 112 valence electrons. The van der Waals surface area contributed by atoms with Gasteiger partial charge in [0.25, 0.3) is 0 Å². The molecule has 1 aromatic carbocycles. The number of nitrogens with one attached hydrogen (secondary N) is 1. The lowest BCUT2D eigenvalue weighted by molar-refractivity contribution is 0.368. The predicted octanol–water partition coefficient (Wildman–Crippen LogP) is 5.05. The van der Waals surface area contributed by atoms with E-state index in [4.69, 9.17) is 0 Å². The Hall–Kier alpha value is -0.820. The topological polar surface area (TPSA) is 12.0 Å². The Balaban J connectivity index is 2.08. The van der Waals surface area contributed by atoms with Crippen molar-refractivity contribution in [2.24, 2.45) is 5.92 Å². The maximum absolute atomic E-state index is 3.72. The van der Waals surface area contributed by atoms with Gasteiger partial charge in [-0.25, -0.2) is 0 Å². The first-order valence-electron chi connectivity index (χ1n) is 8.26. The van der Waals surface area contributed by atoms with Crippen molar-refractivity contribution in [3.8, 4) is 0 Å². The quantitative estimate of drug-likeness (QED) is 0.792. The number of hydrogen-bond acceptors (Lipinski definition) is 1. The summed E-state index contributed by atoms with van der Waals surface area (Å²) in [4.78, 5) is 0. The zero-order valence-corrected chi connectivity index (χ0v) is 13.7. The second-order valence-corrected chi connectivity index (χ2v) is 7.57. The summed E-state index contributed by atoms with van der Waals surface area (Å²) >= 11 is 0. The first kappa shape index (κ1) is 15.6. The summed E-state index contributed by atoms with van der Waals surface area (Å²) in [5.41, 5.74) is 3.21. The van der Waals surface area contributed by atoms with Crippen molar-refractivity contribution in [3.05, 3.63) is 35.4 Å². The Morgan fingerprint density at radius 1 is 1.15 bits per heavy atom. The third-order valence-electron chi connectivity index (χ3n) is 4.60. The van der Waals surface area contributed by atoms with Gasteiger partial charge >= 0.3 is 0 Å². The average Bonchev–Trinajstić information content (AvgIpc) is 2.87. The maximum atomic E-state index is 3.72. The van der Waals surface area contributed by atoms with Crippen LogP contribution in [0.25, 0.3) is 0 Å². The zero-order valence-electron chi connectivity index (χ0n) is 13.7. The molecule has 0 aliphatic heterocycles. The summed E-state index contributed by atoms with van der Waals surface area (Å²) in [6, 6.07) is 8.94. The van der Waals surface area contributed by atoms with E-state index in [0.717, 1.165) is 12.5 Å². The second-order valence-electron chi connectivity index (χ2n) is 7.57. The highest BCUT2D eigenvalue weighted by atomic mass is 14.9. The Labute approximate surface area is 125 Å². The highest BCUT2D eigenvalue weighted by Crippen LogP contribution is 2.35. The van der Waals surface area contributed by atoms with Crippen molar-refractivity contribution in [2.75, 3.05) is 6.54 Å². The van der Waals surface area contributed by atoms with Crippen molar-refractivity contribution in [3.63, 3.8) is 0 Å². The van der Waals surface area contributed by atoms with Crippen LogP contribution in [-0.2, 0) is 0 Å². The van der Waals surface area contributed by atoms with Crippen LogP contribution in [0, 0.1) is 12.8 Å². The van der Waals surface area contributed by atoms with Crippen molar-refractivity contribution in [2.45, 2.75) is 71.3 Å². The molecule has 2 rings (SSSR count). The van der Waals surface area contributed by atoms with Gasteiger partial charge in [0.1, 0.15) is 0 Å². The molecular formula is C19H31N. The van der Waals surface area contributed by atoms with E-state index in [9.17, 15) is 0 Å². The molecule has 1 aliphatic rings. The molecule has 0 aromatic heterocycles. The van der Waals surface area contributed by atoms with Crippen molar-refractivity contribution < 1.29 is 0 Å². The van der Waals surface area contributed by atoms with E-state index in [1.165, 1.54) is 37.7 Å². The van der Waals surface area contributed by atoms with Gasteiger partial charge in [0.2, 0.25) is 0 Å². The molecule has 0 amide bonds. The first-order valence-corrected chi connectivity index (χ1v) is 8.26. The van der Waals surface area contributed by atoms with E-state index < -0.39 is 0 Å². The second kappa shape index (κ2) is 6.76. The van der Waals surface area contributed by atoms with Gasteiger partial charge < -0.3 is 5.32 Å². The van der Waals surface area contributed by atoms with Crippen LogP contribution in [0.4, 0.5) is 0 Å². The fourth-order valence-corrected chi connectivity index (χ4v) is 3.44. The van der Waals surface area contributed by atoms with Gasteiger partial charge in [-0.15, -0.1) is 0 Å². The van der Waals surface area contributed by atoms with Crippen LogP contribution < -0.4 is 5.32 Å². The van der Waals surface area contributed by atoms with Crippen molar-refractivity contribution in [1.82, 2.24) is 5.32 Å². The summed E-state index contributed by atoms with van der Waals surface area (Å²) in [7, 11) is 0. The number of benzene rings is 1. The van der Waals surface area contributed by atoms with E-state index in [1.807, 2.05) is 0 Å². The summed E-state index contributed by atoms with van der Waals surface area (Å²) in [5, 5.41) is 3.72. The molecule has 0 radical (unpaired) electrons. The Bertz CT molecular complexity index is 410. The van der Waals surface area contributed by atoms with E-state index in [-0.39, 0.29) is 5.54 Å². The molecule has 20 heavy (non-hydrogen) atoms. The van der Waals surface area contributed by atoms with Crippen LogP contribution >= 0.6 is 0 Å². The molecule has 1 aliphatic carbocycles. The van der Waals surface area contributed by atoms with Gasteiger partial charge in [-0.3, -0.25) is 0 Å². The lowest BCUT2D eigenvalue weighted by atomic mass is 9.85. The maximum Gasteiger partial charge on any atom is 0.00967 e. The van der Waals surface area contributed by atoms with E-state index in [2.05, 4.69) is 57.3 Å². The molecule has 0 spiro atoms. The Kier molecular flexibility index (Phi) is 5.26. The molecule has 1 fully saturated rings. The largest absolute Gasteiger partial charge is 0.311 e. The monoisotopic (exact) mass is 273 g/mol. The highest BCUT2D eigenvalue weighted by molar-refractivity contribution is 5.29. The summed E-state index contributed by atoms with van der Waals surface area (Å²) in [5.74, 6) is 1.61. The molecule has 1 N–H and O–H groups in total. The molecule has 1 heteroatoms. The van der Waals surface area contributed by atoms with Crippen LogP contribution in [0.3, 0.4) is 0 Å². The molecule has 1 aromatic rings. The fraction of sp³-hybridized carbons (Fsp3) is 0.684. The Morgan fingerprint density at radius 3 is 2.40 bits per heavy atom. The highest BCUT2D eigenvalue weighted by Gasteiger charge is 2.23. The third kappa shape index (κ3) is 4.63. The fourth-order valence-electron chi connectivity index (χ4n) is 3.44. The van der Waals surface area contributed by atoms with Gasteiger partial charge in [0.05, 0.1) is 0 Å². The molecule has 0 bridgehead atoms. The van der Waals surface area contributed by atoms with Crippen molar-refractivity contribution >= 4 is 0 Å². The molecule has 0 heterocycles. The molecule has 1 saturated carbocycles. The van der Waals surface area contributed by atoms with Gasteiger partial charge in [0.15, 0.2) is 0 Å². The van der Waals surface area contributed by atoms with Gasteiger partial charge in [-0.1, -0.05) is 49.9 Å². The average molecular weight is 273 g/mol. The zero-order chi connectivity index (χ0) is 14.6. The minimum Gasteiger partial charge on any atom is -0.311 e. The predicted molar refractivity (Wildman–Crippen MR) is 88.3 cm³/mol. The van der Waals surface area contributed by atoms with Crippen LogP contribution in [0.15, 0.2) is 24.3 Å². The smallest absolute Gasteiger partial charge is 0.00967 e. The molecular weight excluding hydrogens is 242 g/mol. The summed E-state index contributed by atoms with van der Waals surface area (Å²) in [6.45, 7) is 10.1. The van der Waals surface area contributed by atoms with Crippen LogP contribution in [0.1, 0.15) is 69.9 Å². The van der Waals surface area contributed by atoms with Crippen molar-refractivity contribution in [1.29, 1.82) is 0 Å². The van der Waals surface area contributed by atoms with Gasteiger partial charge in [-0.2, -0.15) is 0 Å². The lowest BCUT2D eigenvalue weighted by Crippen LogP contribution is -2.39. The number of hydrogen-bond donors (Lipinski definition) is 1. The first-order chi connectivity index (χ1) is 9.46. The van der Waals surface area contributed by atoms with Crippen LogP contribution in [-0.4, -0.2) is 12.1 Å². The Morgan fingerprint density at radius 2 is 1.80 bits per heavy atom. The van der Waals surface area contributed by atoms with E-state index >= 15 is 0 Å². The van der Waals surface area contributed by atoms with Crippen LogP contribution in [0.2, 0.25) is 0 Å². The standard InChI is InChI=1S/C19H31N/c1-15-9-5-8-12-18(15)17(14-20-19(2,3)4)13-16-10-6-7-11-16/h5,8-9,12,16-17,20H,6-7,10-11,13-14H2,1-4H3. The van der Waals surface area contributed by atoms with Gasteiger partial charge in [0, 0.05) is 12.1 Å². The van der Waals surface area contributed by atoms with E-state index in [1.54, 1.807) is 5.56 Å². The molecule has 0 saturated heterocycles. The summed E-state index contributed by atoms with van der Waals surface area (Å²) < 4.78 is 0. The van der Waals surface area contributed by atoms with Gasteiger partial charge in [-0.05, 0) is 57.1 Å². The number of rotatable bonds is 5. The van der Waals surface area contributed by atoms with Crippen LogP contribution in [0.5, 0.6) is 0 Å². The normalized spacial score (nSPS) is 18.4. The lowest BCUT2D eigenvalue weighted by Gasteiger charge is -2.28. The SMILES string of the molecule is Cc1ccccc1C(CNC(C)(C)C)CC1CCCC1. The minimum absolute atomic E-state index is 0.205. The molecule has 1 unspecified atom stereocenters. The number of aryl methyl sites for hydroxylation is 1. The third-order valence-corrected chi connectivity index (χ3v) is 4.60.